The van der Waals surface area contributed by atoms with Gasteiger partial charge in [0.25, 0.3) is 0 Å². The lowest BCUT2D eigenvalue weighted by Gasteiger charge is -2.28. The molecule has 1 unspecified atom stereocenters. The van der Waals surface area contributed by atoms with Crippen LogP contribution in [-0.2, 0) is 18.3 Å². The molecule has 5 heteroatoms. The largest absolute Gasteiger partial charge is 0.344 e. The molecule has 1 aromatic carbocycles. The van der Waals surface area contributed by atoms with Crippen molar-refractivity contribution in [1.82, 2.24) is 19.4 Å². The SMILES string of the molecule is Cc1ccc(C(C(=O)N(C)CCCc2nccn2C)N(C)C)cc1. The van der Waals surface area contributed by atoms with Gasteiger partial charge in [-0.1, -0.05) is 29.8 Å². The van der Waals surface area contributed by atoms with Gasteiger partial charge in [-0.15, -0.1) is 0 Å². The van der Waals surface area contributed by atoms with Crippen LogP contribution in [0.15, 0.2) is 36.7 Å². The minimum absolute atomic E-state index is 0.128. The van der Waals surface area contributed by atoms with E-state index in [-0.39, 0.29) is 11.9 Å². The molecule has 0 spiro atoms. The minimum atomic E-state index is -0.247. The van der Waals surface area contributed by atoms with Gasteiger partial charge < -0.3 is 9.47 Å². The number of hydrogen-bond acceptors (Lipinski definition) is 3. The fraction of sp³-hybridized carbons (Fsp3) is 0.474. The molecule has 1 heterocycles. The Morgan fingerprint density at radius 1 is 1.21 bits per heavy atom. The van der Waals surface area contributed by atoms with Gasteiger partial charge in [-0.25, -0.2) is 4.98 Å². The fourth-order valence-electron chi connectivity index (χ4n) is 2.84. The Morgan fingerprint density at radius 2 is 1.88 bits per heavy atom. The molecule has 0 bridgehead atoms. The van der Waals surface area contributed by atoms with Gasteiger partial charge in [0.2, 0.25) is 5.91 Å². The molecule has 1 atom stereocenters. The number of rotatable bonds is 7. The molecule has 0 fully saturated rings. The van der Waals surface area contributed by atoms with Crippen LogP contribution in [0.25, 0.3) is 0 Å². The van der Waals surface area contributed by atoms with Crippen molar-refractivity contribution in [2.24, 2.45) is 7.05 Å². The summed E-state index contributed by atoms with van der Waals surface area (Å²) in [6.07, 6.45) is 5.53. The molecule has 24 heavy (non-hydrogen) atoms. The van der Waals surface area contributed by atoms with Crippen LogP contribution in [-0.4, -0.2) is 52.9 Å². The predicted molar refractivity (Wildman–Crippen MR) is 96.8 cm³/mol. The van der Waals surface area contributed by atoms with Crippen molar-refractivity contribution in [2.45, 2.75) is 25.8 Å². The zero-order chi connectivity index (χ0) is 17.7. The number of imidazole rings is 1. The molecular weight excluding hydrogens is 300 g/mol. The molecule has 0 radical (unpaired) electrons. The van der Waals surface area contributed by atoms with Gasteiger partial charge in [-0.05, 0) is 33.0 Å². The number of aromatic nitrogens is 2. The smallest absolute Gasteiger partial charge is 0.244 e. The highest BCUT2D eigenvalue weighted by molar-refractivity contribution is 5.83. The van der Waals surface area contributed by atoms with Gasteiger partial charge >= 0.3 is 0 Å². The van der Waals surface area contributed by atoms with Crippen molar-refractivity contribution in [2.75, 3.05) is 27.7 Å². The third kappa shape index (κ3) is 4.45. The summed E-state index contributed by atoms with van der Waals surface area (Å²) in [4.78, 5) is 21.0. The maximum Gasteiger partial charge on any atom is 0.244 e. The van der Waals surface area contributed by atoms with Crippen molar-refractivity contribution in [3.05, 3.63) is 53.6 Å². The van der Waals surface area contributed by atoms with E-state index in [2.05, 4.69) is 24.0 Å². The summed E-state index contributed by atoms with van der Waals surface area (Å²) in [5.74, 6) is 1.18. The monoisotopic (exact) mass is 328 g/mol. The van der Waals surface area contributed by atoms with Gasteiger partial charge in [-0.3, -0.25) is 9.69 Å². The number of nitrogens with zero attached hydrogens (tertiary/aromatic N) is 4. The van der Waals surface area contributed by atoms with Crippen molar-refractivity contribution >= 4 is 5.91 Å². The first kappa shape index (κ1) is 18.2. The van der Waals surface area contributed by atoms with E-state index in [1.165, 1.54) is 5.56 Å². The van der Waals surface area contributed by atoms with E-state index in [9.17, 15) is 4.79 Å². The number of benzene rings is 1. The van der Waals surface area contributed by atoms with Crippen molar-refractivity contribution in [3.8, 4) is 0 Å². The van der Waals surface area contributed by atoms with Crippen LogP contribution < -0.4 is 0 Å². The third-order valence-electron chi connectivity index (χ3n) is 4.33. The predicted octanol–water partition coefficient (Wildman–Crippen LogP) is 2.42. The fourth-order valence-corrected chi connectivity index (χ4v) is 2.84. The Morgan fingerprint density at radius 3 is 2.42 bits per heavy atom. The van der Waals surface area contributed by atoms with Crippen LogP contribution in [0.2, 0.25) is 0 Å². The Kier molecular flexibility index (Phi) is 6.15. The summed E-state index contributed by atoms with van der Waals surface area (Å²) < 4.78 is 2.02. The molecule has 1 aromatic heterocycles. The second-order valence-corrected chi connectivity index (χ2v) is 6.59. The molecule has 5 nitrogen and oxygen atoms in total. The van der Waals surface area contributed by atoms with Gasteiger partial charge in [0, 0.05) is 39.5 Å². The number of carbonyl (C=O) groups is 1. The molecule has 2 aromatic rings. The topological polar surface area (TPSA) is 41.4 Å². The van der Waals surface area contributed by atoms with Crippen LogP contribution >= 0.6 is 0 Å². The van der Waals surface area contributed by atoms with Crippen LogP contribution in [0.1, 0.15) is 29.4 Å². The first-order chi connectivity index (χ1) is 11.4. The molecule has 0 N–H and O–H groups in total. The highest BCUT2D eigenvalue weighted by Crippen LogP contribution is 2.21. The van der Waals surface area contributed by atoms with Crippen LogP contribution in [0, 0.1) is 6.92 Å². The maximum atomic E-state index is 12.9. The Hall–Kier alpha value is -2.14. The highest BCUT2D eigenvalue weighted by atomic mass is 16.2. The number of hydrogen-bond donors (Lipinski definition) is 0. The van der Waals surface area contributed by atoms with Crippen molar-refractivity contribution in [3.63, 3.8) is 0 Å². The summed E-state index contributed by atoms with van der Waals surface area (Å²) in [6.45, 7) is 2.78. The molecule has 1 amide bonds. The Balaban J connectivity index is 1.98. The van der Waals surface area contributed by atoms with Gasteiger partial charge in [0.05, 0.1) is 0 Å². The van der Waals surface area contributed by atoms with Crippen LogP contribution in [0.3, 0.4) is 0 Å². The van der Waals surface area contributed by atoms with Gasteiger partial charge in [-0.2, -0.15) is 0 Å². The first-order valence-corrected chi connectivity index (χ1v) is 8.34. The Bertz CT molecular complexity index is 660. The lowest BCUT2D eigenvalue weighted by molar-refractivity contribution is -0.135. The molecule has 0 saturated heterocycles. The molecule has 2 rings (SSSR count). The zero-order valence-electron chi connectivity index (χ0n) is 15.4. The minimum Gasteiger partial charge on any atom is -0.344 e. The highest BCUT2D eigenvalue weighted by Gasteiger charge is 2.25. The third-order valence-corrected chi connectivity index (χ3v) is 4.33. The molecule has 0 aliphatic heterocycles. The number of likely N-dealkylation sites (N-methyl/N-ethyl adjacent to an activating group) is 2. The van der Waals surface area contributed by atoms with Crippen molar-refractivity contribution < 1.29 is 4.79 Å². The number of aryl methyl sites for hydroxylation is 3. The quantitative estimate of drug-likeness (QED) is 0.784. The molecule has 0 saturated carbocycles. The summed E-state index contributed by atoms with van der Waals surface area (Å²) in [7, 11) is 7.77. The molecule has 0 aliphatic rings. The lowest BCUT2D eigenvalue weighted by Crippen LogP contribution is -2.39. The molecule has 0 aliphatic carbocycles. The van der Waals surface area contributed by atoms with E-state index in [4.69, 9.17) is 0 Å². The molecular formula is C19H28N4O. The second-order valence-electron chi connectivity index (χ2n) is 6.59. The summed E-state index contributed by atoms with van der Waals surface area (Å²) in [5.41, 5.74) is 2.23. The zero-order valence-corrected chi connectivity index (χ0v) is 15.4. The standard InChI is InChI=1S/C19H28N4O/c1-15-8-10-16(11-9-15)18(21(2)3)19(24)23(5)13-6-7-17-20-12-14-22(17)4/h8-12,14,18H,6-7,13H2,1-5H3. The summed E-state index contributed by atoms with van der Waals surface area (Å²) >= 11 is 0. The average Bonchev–Trinajstić information content (AvgIpc) is 2.94. The van der Waals surface area contributed by atoms with Crippen LogP contribution in [0.5, 0.6) is 0 Å². The summed E-state index contributed by atoms with van der Waals surface area (Å²) in [6, 6.07) is 7.95. The Labute approximate surface area is 144 Å². The second kappa shape index (κ2) is 8.11. The van der Waals surface area contributed by atoms with E-state index >= 15 is 0 Å². The summed E-state index contributed by atoms with van der Waals surface area (Å²) in [5, 5.41) is 0. The van der Waals surface area contributed by atoms with Gasteiger partial charge in [0.15, 0.2) is 0 Å². The van der Waals surface area contributed by atoms with Crippen molar-refractivity contribution in [1.29, 1.82) is 0 Å². The lowest BCUT2D eigenvalue weighted by atomic mass is 10.0. The van der Waals surface area contributed by atoms with Crippen LogP contribution in [0.4, 0.5) is 0 Å². The average molecular weight is 328 g/mol. The van der Waals surface area contributed by atoms with E-state index in [1.807, 2.05) is 67.1 Å². The molecule has 130 valence electrons. The normalized spacial score (nSPS) is 12.4. The van der Waals surface area contributed by atoms with Gasteiger partial charge in [0.1, 0.15) is 11.9 Å². The van der Waals surface area contributed by atoms with E-state index in [1.54, 1.807) is 0 Å². The first-order valence-electron chi connectivity index (χ1n) is 8.34. The number of carbonyl (C=O) groups excluding carboxylic acids is 1. The maximum absolute atomic E-state index is 12.9. The van der Waals surface area contributed by atoms with E-state index < -0.39 is 0 Å². The van der Waals surface area contributed by atoms with E-state index in [0.717, 1.165) is 30.8 Å². The number of amides is 1. The van der Waals surface area contributed by atoms with E-state index in [0.29, 0.717) is 0 Å².